The van der Waals surface area contributed by atoms with E-state index in [1.54, 1.807) is 20.8 Å². The van der Waals surface area contributed by atoms with Crippen molar-refractivity contribution in [3.05, 3.63) is 56.1 Å². The maximum absolute atomic E-state index is 14.7. The zero-order valence-corrected chi connectivity index (χ0v) is 21.4. The molecule has 0 bridgehead atoms. The molecule has 3 aromatic heterocycles. The molecule has 33 heavy (non-hydrogen) atoms. The molecule has 0 aliphatic rings. The van der Waals surface area contributed by atoms with Crippen LogP contribution in [0.3, 0.4) is 0 Å². The molecule has 0 amide bonds. The lowest BCUT2D eigenvalue weighted by atomic mass is 10.1. The number of benzene rings is 1. The van der Waals surface area contributed by atoms with Crippen molar-refractivity contribution >= 4 is 45.8 Å². The third-order valence-electron chi connectivity index (χ3n) is 4.86. The van der Waals surface area contributed by atoms with Gasteiger partial charge >= 0.3 is 5.97 Å². The molecule has 4 aromatic rings. The van der Waals surface area contributed by atoms with Gasteiger partial charge in [0.15, 0.2) is 0 Å². The smallest absolute Gasteiger partial charge is 0.306 e. The Hall–Kier alpha value is -2.53. The number of nitrogens with zero attached hydrogens (tertiary/aromatic N) is 4. The van der Waals surface area contributed by atoms with Crippen LogP contribution in [0.5, 0.6) is 0 Å². The first-order valence-electron chi connectivity index (χ1n) is 10.2. The minimum atomic E-state index is -0.592. The van der Waals surface area contributed by atoms with Crippen LogP contribution in [0.25, 0.3) is 28.6 Å². The third kappa shape index (κ3) is 5.19. The minimum Gasteiger partial charge on any atom is -0.460 e. The van der Waals surface area contributed by atoms with Crippen molar-refractivity contribution in [1.29, 1.82) is 0 Å². The van der Waals surface area contributed by atoms with Crippen LogP contribution in [0.15, 0.2) is 35.0 Å². The van der Waals surface area contributed by atoms with Gasteiger partial charge in [0.1, 0.15) is 22.8 Å². The van der Waals surface area contributed by atoms with Crippen molar-refractivity contribution in [2.24, 2.45) is 0 Å². The fraction of sp³-hybridized carbons (Fsp3) is 0.304. The highest BCUT2D eigenvalue weighted by molar-refractivity contribution is 14.1. The molecule has 0 saturated heterocycles. The summed E-state index contributed by atoms with van der Waals surface area (Å²) in [4.78, 5) is 20.8. The molecule has 4 rings (SSSR count). The summed E-state index contributed by atoms with van der Waals surface area (Å²) in [7, 11) is 0. The zero-order chi connectivity index (χ0) is 23.9. The molecule has 172 valence electrons. The Bertz CT molecular complexity index is 1360. The lowest BCUT2D eigenvalue weighted by Gasteiger charge is -2.19. The summed E-state index contributed by atoms with van der Waals surface area (Å²) in [5, 5.41) is 4.21. The highest BCUT2D eigenvalue weighted by atomic mass is 127. The van der Waals surface area contributed by atoms with E-state index in [-0.39, 0.29) is 29.6 Å². The highest BCUT2D eigenvalue weighted by Gasteiger charge is 2.20. The van der Waals surface area contributed by atoms with Gasteiger partial charge in [-0.05, 0) is 86.5 Å². The van der Waals surface area contributed by atoms with E-state index in [1.165, 1.54) is 12.1 Å². The lowest BCUT2D eigenvalue weighted by molar-refractivity contribution is -0.154. The molecule has 0 saturated carbocycles. The summed E-state index contributed by atoms with van der Waals surface area (Å²) in [6, 6.07) is 6.60. The van der Waals surface area contributed by atoms with E-state index < -0.39 is 17.4 Å². The lowest BCUT2D eigenvalue weighted by Crippen LogP contribution is -2.24. The Morgan fingerprint density at radius 1 is 1.27 bits per heavy atom. The SMILES string of the molecule is Cc1c(I)ccc2nc(-c3nc(-c4cc(F)c(CCC(=O)OC(C)(C)C)cc4Cl)no3)cn12. The van der Waals surface area contributed by atoms with Crippen molar-refractivity contribution in [2.75, 3.05) is 0 Å². The van der Waals surface area contributed by atoms with E-state index in [0.717, 1.165) is 14.9 Å². The molecule has 0 aliphatic heterocycles. The van der Waals surface area contributed by atoms with Crippen LogP contribution in [0, 0.1) is 16.3 Å². The summed E-state index contributed by atoms with van der Waals surface area (Å²) >= 11 is 8.65. The van der Waals surface area contributed by atoms with Gasteiger partial charge in [-0.25, -0.2) is 9.37 Å². The summed E-state index contributed by atoms with van der Waals surface area (Å²) in [6.45, 7) is 7.34. The number of aryl methyl sites for hydroxylation is 2. The molecule has 0 aliphatic carbocycles. The van der Waals surface area contributed by atoms with Gasteiger partial charge < -0.3 is 13.7 Å². The maximum atomic E-state index is 14.7. The van der Waals surface area contributed by atoms with Crippen molar-refractivity contribution in [2.45, 2.75) is 46.1 Å². The predicted molar refractivity (Wildman–Crippen MR) is 131 cm³/mol. The standard InChI is InChI=1S/C23H21ClFIN4O3/c1-12-17(26)6-7-19-27-18(11-30(12)19)22-28-21(29-33-22)14-10-16(25)13(9-15(14)24)5-8-20(31)32-23(2,3)4/h6-7,9-11H,5,8H2,1-4H3. The number of fused-ring (bicyclic) bond motifs is 1. The van der Waals surface area contributed by atoms with Gasteiger partial charge in [0.2, 0.25) is 5.82 Å². The van der Waals surface area contributed by atoms with Crippen LogP contribution in [0.2, 0.25) is 5.02 Å². The molecular weight excluding hydrogens is 562 g/mol. The fourth-order valence-electron chi connectivity index (χ4n) is 3.28. The second kappa shape index (κ2) is 9.02. The molecule has 0 spiro atoms. The number of halogens is 3. The number of hydrogen-bond acceptors (Lipinski definition) is 6. The van der Waals surface area contributed by atoms with Gasteiger partial charge in [-0.3, -0.25) is 4.79 Å². The van der Waals surface area contributed by atoms with Crippen LogP contribution >= 0.6 is 34.2 Å². The van der Waals surface area contributed by atoms with Crippen LogP contribution < -0.4 is 0 Å². The van der Waals surface area contributed by atoms with Crippen molar-refractivity contribution in [3.63, 3.8) is 0 Å². The number of esters is 1. The molecule has 0 unspecified atom stereocenters. The zero-order valence-electron chi connectivity index (χ0n) is 18.4. The fourth-order valence-corrected chi connectivity index (χ4v) is 3.99. The summed E-state index contributed by atoms with van der Waals surface area (Å²) in [5.74, 6) is -0.561. The average Bonchev–Trinajstić information content (AvgIpc) is 3.37. The second-order valence-corrected chi connectivity index (χ2v) is 10.1. The molecular formula is C23H21ClFIN4O3. The Morgan fingerprint density at radius 3 is 2.76 bits per heavy atom. The predicted octanol–water partition coefficient (Wildman–Crippen LogP) is 6.03. The van der Waals surface area contributed by atoms with Crippen molar-refractivity contribution < 1.29 is 18.4 Å². The number of imidazole rings is 1. The Kier molecular flexibility index (Phi) is 6.45. The first kappa shape index (κ1) is 23.6. The normalized spacial score (nSPS) is 11.8. The second-order valence-electron chi connectivity index (χ2n) is 8.55. The van der Waals surface area contributed by atoms with E-state index >= 15 is 0 Å². The van der Waals surface area contributed by atoms with Gasteiger partial charge in [-0.15, -0.1) is 0 Å². The average molecular weight is 583 g/mol. The number of aromatic nitrogens is 4. The maximum Gasteiger partial charge on any atom is 0.306 e. The van der Waals surface area contributed by atoms with Gasteiger partial charge in [-0.2, -0.15) is 4.98 Å². The van der Waals surface area contributed by atoms with E-state index in [0.29, 0.717) is 16.8 Å². The van der Waals surface area contributed by atoms with Gasteiger partial charge in [0, 0.05) is 27.4 Å². The van der Waals surface area contributed by atoms with E-state index in [1.807, 2.05) is 29.7 Å². The largest absolute Gasteiger partial charge is 0.460 e. The molecule has 0 fully saturated rings. The third-order valence-corrected chi connectivity index (χ3v) is 6.31. The van der Waals surface area contributed by atoms with Gasteiger partial charge in [0.05, 0.1) is 5.02 Å². The van der Waals surface area contributed by atoms with Crippen LogP contribution in [0.1, 0.15) is 38.4 Å². The van der Waals surface area contributed by atoms with E-state index in [9.17, 15) is 9.18 Å². The summed E-state index contributed by atoms with van der Waals surface area (Å²) in [5.41, 5.74) is 2.30. The van der Waals surface area contributed by atoms with Crippen LogP contribution in [0.4, 0.5) is 4.39 Å². The minimum absolute atomic E-state index is 0.0441. The van der Waals surface area contributed by atoms with Crippen LogP contribution in [-0.2, 0) is 16.0 Å². The quantitative estimate of drug-likeness (QED) is 0.211. The Balaban J connectivity index is 1.56. The number of ether oxygens (including phenoxy) is 1. The van der Waals surface area contributed by atoms with E-state index in [2.05, 4.69) is 37.7 Å². The number of carbonyl (C=O) groups excluding carboxylic acids is 1. The first-order valence-corrected chi connectivity index (χ1v) is 11.7. The van der Waals surface area contributed by atoms with Gasteiger partial charge in [-0.1, -0.05) is 16.8 Å². The number of rotatable bonds is 5. The molecule has 7 nitrogen and oxygen atoms in total. The molecule has 10 heteroatoms. The Morgan fingerprint density at radius 2 is 2.03 bits per heavy atom. The van der Waals surface area contributed by atoms with E-state index in [4.69, 9.17) is 20.9 Å². The number of hydrogen-bond donors (Lipinski definition) is 0. The summed E-state index contributed by atoms with van der Waals surface area (Å²) < 4.78 is 28.4. The van der Waals surface area contributed by atoms with Crippen molar-refractivity contribution in [3.8, 4) is 23.0 Å². The monoisotopic (exact) mass is 582 g/mol. The Labute approximate surface area is 208 Å². The molecule has 0 N–H and O–H groups in total. The van der Waals surface area contributed by atoms with Crippen molar-refractivity contribution in [1.82, 2.24) is 19.5 Å². The molecule has 0 radical (unpaired) electrons. The van der Waals surface area contributed by atoms with Crippen LogP contribution in [-0.4, -0.2) is 31.1 Å². The molecule has 1 aromatic carbocycles. The van der Waals surface area contributed by atoms with Gasteiger partial charge in [0.25, 0.3) is 5.89 Å². The number of pyridine rings is 1. The topological polar surface area (TPSA) is 82.5 Å². The first-order chi connectivity index (χ1) is 15.5. The number of carbonyl (C=O) groups is 1. The molecule has 0 atom stereocenters. The highest BCUT2D eigenvalue weighted by Crippen LogP contribution is 2.31. The molecule has 3 heterocycles. The summed E-state index contributed by atoms with van der Waals surface area (Å²) in [6.07, 6.45) is 2.02.